The van der Waals surface area contributed by atoms with Crippen LogP contribution in [-0.2, 0) is 20.9 Å². The number of imide groups is 2. The molecule has 2 N–H and O–H groups in total. The number of benzene rings is 1. The van der Waals surface area contributed by atoms with Gasteiger partial charge in [-0.3, -0.25) is 34.1 Å². The average Bonchev–Trinajstić information content (AvgIpc) is 3.49. The number of anilines is 1. The maximum Gasteiger partial charge on any atom is 0.264 e. The van der Waals surface area contributed by atoms with Crippen molar-refractivity contribution in [1.29, 1.82) is 0 Å². The standard InChI is InChI=1S/C28H34N6O5/c1-39-28(10-3-11-28)17-32-12-8-19(9-13-32)33-16-18(15-30-33)14-29-21-5-2-4-20-24(21)27(38)34(26(20)37)22-6-7-23(35)31-25(22)36/h2,4-5,15-16,19,22,29H,3,6-14,17H2,1H3,(H,31,35,36). The molecule has 3 fully saturated rings. The van der Waals surface area contributed by atoms with Gasteiger partial charge >= 0.3 is 0 Å². The third-order valence-corrected chi connectivity index (χ3v) is 8.75. The molecule has 2 saturated heterocycles. The van der Waals surface area contributed by atoms with Crippen LogP contribution in [0.5, 0.6) is 0 Å². The second-order valence-corrected chi connectivity index (χ2v) is 11.1. The van der Waals surface area contributed by atoms with Gasteiger partial charge in [0.1, 0.15) is 6.04 Å². The van der Waals surface area contributed by atoms with Crippen molar-refractivity contribution in [2.75, 3.05) is 32.1 Å². The van der Waals surface area contributed by atoms with Crippen molar-refractivity contribution in [1.82, 2.24) is 24.9 Å². The van der Waals surface area contributed by atoms with E-state index in [0.29, 0.717) is 18.3 Å². The maximum atomic E-state index is 13.3. The number of carbonyl (C=O) groups excluding carboxylic acids is 4. The van der Waals surface area contributed by atoms with Crippen molar-refractivity contribution in [3.63, 3.8) is 0 Å². The van der Waals surface area contributed by atoms with E-state index in [1.165, 1.54) is 6.42 Å². The molecule has 4 amide bonds. The zero-order valence-corrected chi connectivity index (χ0v) is 22.1. The van der Waals surface area contributed by atoms with Gasteiger partial charge in [0, 0.05) is 57.2 Å². The minimum atomic E-state index is -0.985. The van der Waals surface area contributed by atoms with Crippen LogP contribution < -0.4 is 10.6 Å². The van der Waals surface area contributed by atoms with Crippen LogP contribution in [0.25, 0.3) is 0 Å². The molecule has 1 atom stereocenters. The summed E-state index contributed by atoms with van der Waals surface area (Å²) < 4.78 is 7.84. The lowest BCUT2D eigenvalue weighted by Gasteiger charge is -2.45. The first kappa shape index (κ1) is 25.7. The number of rotatable bonds is 8. The van der Waals surface area contributed by atoms with Crippen molar-refractivity contribution >= 4 is 29.3 Å². The summed E-state index contributed by atoms with van der Waals surface area (Å²) in [5, 5.41) is 10.1. The molecule has 1 unspecified atom stereocenters. The van der Waals surface area contributed by atoms with Crippen LogP contribution in [0.4, 0.5) is 5.69 Å². The van der Waals surface area contributed by atoms with E-state index in [2.05, 4.69) is 20.6 Å². The summed E-state index contributed by atoms with van der Waals surface area (Å²) in [5.41, 5.74) is 2.08. The molecule has 0 radical (unpaired) electrons. The molecule has 4 aliphatic rings. The average molecular weight is 535 g/mol. The molecule has 3 aliphatic heterocycles. The number of hydrogen-bond acceptors (Lipinski definition) is 8. The molecule has 1 aliphatic carbocycles. The topological polar surface area (TPSA) is 126 Å². The lowest BCUT2D eigenvalue weighted by molar-refractivity contribution is -0.136. The fourth-order valence-corrected chi connectivity index (χ4v) is 6.28. The van der Waals surface area contributed by atoms with E-state index in [0.717, 1.165) is 55.8 Å². The number of carbonyl (C=O) groups is 4. The molecule has 0 bridgehead atoms. The Hall–Kier alpha value is -3.57. The van der Waals surface area contributed by atoms with Crippen LogP contribution in [0.1, 0.15) is 77.3 Å². The summed E-state index contributed by atoms with van der Waals surface area (Å²) in [6.45, 7) is 3.50. The normalized spacial score (nSPS) is 23.5. The Kier molecular flexibility index (Phi) is 6.72. The molecule has 11 heteroatoms. The Morgan fingerprint density at radius 2 is 1.90 bits per heavy atom. The first-order valence-electron chi connectivity index (χ1n) is 13.8. The van der Waals surface area contributed by atoms with E-state index < -0.39 is 29.7 Å². The molecule has 206 valence electrons. The molecular formula is C28H34N6O5. The van der Waals surface area contributed by atoms with E-state index in [-0.39, 0.29) is 29.6 Å². The van der Waals surface area contributed by atoms with Crippen LogP contribution in [0.3, 0.4) is 0 Å². The summed E-state index contributed by atoms with van der Waals surface area (Å²) in [6, 6.07) is 4.43. The molecule has 4 heterocycles. The zero-order chi connectivity index (χ0) is 27.1. The maximum absolute atomic E-state index is 13.3. The summed E-state index contributed by atoms with van der Waals surface area (Å²) in [7, 11) is 1.83. The first-order valence-corrected chi connectivity index (χ1v) is 13.8. The Labute approximate surface area is 226 Å². The van der Waals surface area contributed by atoms with Gasteiger partial charge in [-0.25, -0.2) is 0 Å². The summed E-state index contributed by atoms with van der Waals surface area (Å²) in [4.78, 5) is 53.8. The van der Waals surface area contributed by atoms with Gasteiger partial charge < -0.3 is 15.0 Å². The number of likely N-dealkylation sites (tertiary alicyclic amines) is 1. The molecular weight excluding hydrogens is 500 g/mol. The Bertz CT molecular complexity index is 1300. The number of hydrogen-bond donors (Lipinski definition) is 2. The SMILES string of the molecule is COC1(CN2CCC(n3cc(CNc4cccc5c4C(=O)N(C4CCC(=O)NC4=O)C5=O)cn3)CC2)CCC1. The third kappa shape index (κ3) is 4.74. The second kappa shape index (κ2) is 10.2. The molecule has 1 aromatic carbocycles. The van der Waals surface area contributed by atoms with Crippen LogP contribution in [0.15, 0.2) is 30.6 Å². The molecule has 1 aromatic heterocycles. The van der Waals surface area contributed by atoms with Crippen molar-refractivity contribution in [3.8, 4) is 0 Å². The van der Waals surface area contributed by atoms with Gasteiger partial charge in [-0.2, -0.15) is 5.10 Å². The van der Waals surface area contributed by atoms with E-state index in [1.807, 2.05) is 24.2 Å². The summed E-state index contributed by atoms with van der Waals surface area (Å²) >= 11 is 0. The molecule has 11 nitrogen and oxygen atoms in total. The zero-order valence-electron chi connectivity index (χ0n) is 22.1. The van der Waals surface area contributed by atoms with Gasteiger partial charge in [0.2, 0.25) is 11.8 Å². The van der Waals surface area contributed by atoms with Gasteiger partial charge in [0.15, 0.2) is 0 Å². The van der Waals surface area contributed by atoms with Crippen molar-refractivity contribution in [3.05, 3.63) is 47.3 Å². The molecule has 6 rings (SSSR count). The minimum absolute atomic E-state index is 0.0554. The van der Waals surface area contributed by atoms with Gasteiger partial charge in [0.05, 0.1) is 29.0 Å². The molecule has 0 spiro atoms. The number of nitrogens with one attached hydrogen (secondary N) is 2. The number of methoxy groups -OCH3 is 1. The highest BCUT2D eigenvalue weighted by Crippen LogP contribution is 2.37. The Morgan fingerprint density at radius 3 is 2.59 bits per heavy atom. The summed E-state index contributed by atoms with van der Waals surface area (Å²) in [6.07, 6.45) is 9.72. The van der Waals surface area contributed by atoms with Crippen LogP contribution in [-0.4, -0.2) is 81.6 Å². The monoisotopic (exact) mass is 534 g/mol. The van der Waals surface area contributed by atoms with Crippen LogP contribution in [0, 0.1) is 0 Å². The fourth-order valence-electron chi connectivity index (χ4n) is 6.28. The third-order valence-electron chi connectivity index (χ3n) is 8.75. The smallest absolute Gasteiger partial charge is 0.264 e. The highest BCUT2D eigenvalue weighted by atomic mass is 16.5. The Balaban J connectivity index is 1.08. The van der Waals surface area contributed by atoms with Crippen molar-refractivity contribution < 1.29 is 23.9 Å². The van der Waals surface area contributed by atoms with E-state index in [9.17, 15) is 19.2 Å². The second-order valence-electron chi connectivity index (χ2n) is 11.1. The van der Waals surface area contributed by atoms with Crippen LogP contribution in [0.2, 0.25) is 0 Å². The van der Waals surface area contributed by atoms with E-state index >= 15 is 0 Å². The molecule has 39 heavy (non-hydrogen) atoms. The number of aromatic nitrogens is 2. The molecule has 1 saturated carbocycles. The number of fused-ring (bicyclic) bond motifs is 1. The predicted molar refractivity (Wildman–Crippen MR) is 141 cm³/mol. The quantitative estimate of drug-likeness (QED) is 0.494. The first-order chi connectivity index (χ1) is 18.9. The summed E-state index contributed by atoms with van der Waals surface area (Å²) in [5.74, 6) is -2.04. The number of amides is 4. The van der Waals surface area contributed by atoms with E-state index in [1.54, 1.807) is 18.2 Å². The van der Waals surface area contributed by atoms with Gasteiger partial charge in [-0.05, 0) is 50.7 Å². The largest absolute Gasteiger partial charge is 0.380 e. The Morgan fingerprint density at radius 1 is 1.10 bits per heavy atom. The predicted octanol–water partition coefficient (Wildman–Crippen LogP) is 2.10. The van der Waals surface area contributed by atoms with Crippen LogP contribution >= 0.6 is 0 Å². The van der Waals surface area contributed by atoms with Crippen molar-refractivity contribution in [2.45, 2.75) is 69.2 Å². The highest BCUT2D eigenvalue weighted by Gasteiger charge is 2.45. The number of ether oxygens (including phenoxy) is 1. The number of nitrogens with zero attached hydrogens (tertiary/aromatic N) is 4. The highest BCUT2D eigenvalue weighted by molar-refractivity contribution is 6.25. The number of piperidine rings is 2. The molecule has 2 aromatic rings. The van der Waals surface area contributed by atoms with Gasteiger partial charge in [-0.15, -0.1) is 0 Å². The lowest BCUT2D eigenvalue weighted by Crippen LogP contribution is -2.54. The van der Waals surface area contributed by atoms with Gasteiger partial charge in [0.25, 0.3) is 11.8 Å². The fraction of sp³-hybridized carbons (Fsp3) is 0.536. The van der Waals surface area contributed by atoms with Gasteiger partial charge in [-0.1, -0.05) is 6.07 Å². The lowest BCUT2D eigenvalue weighted by atomic mass is 9.79. The van der Waals surface area contributed by atoms with Crippen molar-refractivity contribution in [2.24, 2.45) is 0 Å². The van der Waals surface area contributed by atoms with E-state index in [4.69, 9.17) is 4.74 Å². The minimum Gasteiger partial charge on any atom is -0.380 e.